The first-order valence-electron chi connectivity index (χ1n) is 34.3. The highest BCUT2D eigenvalue weighted by atomic mass is 35.5. The lowest BCUT2D eigenvalue weighted by atomic mass is 9.94. The summed E-state index contributed by atoms with van der Waals surface area (Å²) in [6, 6.07) is 21.9. The van der Waals surface area contributed by atoms with Crippen LogP contribution in [0, 0.1) is 151 Å². The van der Waals surface area contributed by atoms with Gasteiger partial charge in [0.05, 0.1) is 31.7 Å². The number of nitrogens with zero attached hydrogens (tertiary/aromatic N) is 9. The first-order valence-corrected chi connectivity index (χ1v) is 36.8. The van der Waals surface area contributed by atoms with E-state index in [1.165, 1.54) is 78.5 Å². The van der Waals surface area contributed by atoms with Crippen molar-refractivity contribution >= 4 is 88.4 Å². The number of aryl methyl sites for hydroxylation is 17. The van der Waals surface area contributed by atoms with Crippen molar-refractivity contribution in [1.29, 1.82) is 0 Å². The molecule has 4 aromatic heterocycles. The monoisotopic (exact) mass is 1560 g/mol. The summed E-state index contributed by atoms with van der Waals surface area (Å²) in [5.41, 5.74) is 30.9. The number of oxime groups is 1. The summed E-state index contributed by atoms with van der Waals surface area (Å²) in [5, 5.41) is 31.6. The van der Waals surface area contributed by atoms with Gasteiger partial charge in [-0.1, -0.05) is 82.0 Å². The van der Waals surface area contributed by atoms with Crippen LogP contribution in [0.2, 0.25) is 0 Å². The first kappa shape index (κ1) is 94.9. The summed E-state index contributed by atoms with van der Waals surface area (Å²) in [7, 11) is -1.00. The number of benzene rings is 6. The molecule has 0 atom stereocenters. The number of aromatic amines is 1. The molecule has 15 nitrogen and oxygen atoms in total. The predicted molar refractivity (Wildman–Crippen MR) is 441 cm³/mol. The second-order valence-electron chi connectivity index (χ2n) is 24.7. The van der Waals surface area contributed by atoms with E-state index in [1.807, 2.05) is 105 Å². The standard InChI is InChI=1S/C15H17N3O.C15H18N2O.C14H17N3O.C11H13ClO.C10H13Cl.C9H12.C4H6N2.C2H6O.2CH2Cl2.CH3F/c1-10-7-11(2)15(12(3)14(10)8-17-19)9-18-6-5-16-13(18)4;1-10-7-11(2)15(9-18)12(3)14(10)8-17-6-5-16-13(17)4;1-10-6-11(2)14(8-17-5-4-15-9-17)12(3)13(10)7-16-18;1-7-4-8(2)11(6-13)9(3)10(7)5-12;1-7-4-8(2)10(6-11)9(3)5-7;1-7-4-8(2)6-9(3)5-7;1-4-5-2-3-6-4;1-2-3;2*2-1-3;1-2/h5-7H,9H2,1-4H3;5-7,9H,8H2,1-4H3;4-7,9,18H,8H2,1-3H3;4,6H,5H2,1-3H3;4-5H,6H2,1-3H3;4-6H,1-3H3;2-3H,1H3,(H,5,6);3H,2H2,1H3;2*1H2;1H3/p+1/b;;16-7+;;;;;;;;/i;;;;;;;;;;1D. The summed E-state index contributed by atoms with van der Waals surface area (Å²) in [4.78, 5) is 41.2. The molecule has 10 aromatic rings. The van der Waals surface area contributed by atoms with Crippen molar-refractivity contribution in [2.24, 2.45) is 5.16 Å². The number of carbonyl (C=O) groups is 2. The van der Waals surface area contributed by atoms with Crippen LogP contribution >= 0.6 is 69.6 Å². The molecule has 0 saturated heterocycles. The van der Waals surface area contributed by atoms with Gasteiger partial charge in [0.15, 0.2) is 12.6 Å². The molecule has 0 unspecified atom stereocenters. The fourth-order valence-corrected chi connectivity index (χ4v) is 12.6. The third kappa shape index (κ3) is 33.1. The summed E-state index contributed by atoms with van der Waals surface area (Å²) < 4.78 is 21.7. The molecule has 6 aromatic carbocycles. The topological polar surface area (TPSA) is 194 Å². The van der Waals surface area contributed by atoms with E-state index >= 15 is 0 Å². The molecule has 0 spiro atoms. The maximum atomic E-state index is 11.2. The van der Waals surface area contributed by atoms with E-state index in [0.29, 0.717) is 11.8 Å². The maximum Gasteiger partial charge on any atom is 0.388 e. The summed E-state index contributed by atoms with van der Waals surface area (Å²) >= 11 is 30.6. The molecule has 0 aliphatic heterocycles. The number of carbonyl (C=O) groups excluding carboxylic acids is 2. The molecule has 0 amide bonds. The Balaban J connectivity index is 0.00000121. The lowest BCUT2D eigenvalue weighted by Gasteiger charge is -2.15. The highest BCUT2D eigenvalue weighted by molar-refractivity contribution is 6.41. The molecule has 0 radical (unpaired) electrons. The average Bonchev–Trinajstić information content (AvgIpc) is 1.13. The number of nitrogens with one attached hydrogen (secondary N) is 1. The Kier molecular flexibility index (Phi) is 47.7. The lowest BCUT2D eigenvalue weighted by Crippen LogP contribution is -2.07. The molecule has 0 fully saturated rings. The number of hydrogen-bond acceptors (Lipinski definition) is 10. The number of rotatable bonds is 11. The number of imidazole rings is 4. The third-order valence-electron chi connectivity index (χ3n) is 16.8. The minimum atomic E-state index is -1.00. The van der Waals surface area contributed by atoms with Crippen LogP contribution in [0.4, 0.5) is 4.39 Å². The Bertz CT molecular complexity index is 4270. The molecule has 570 valence electrons. The van der Waals surface area contributed by atoms with Crippen molar-refractivity contribution in [3.63, 3.8) is 0 Å². The number of aromatic nitrogens is 8. The molecule has 10 rings (SSSR count). The van der Waals surface area contributed by atoms with Crippen molar-refractivity contribution in [2.75, 3.05) is 24.4 Å². The molecule has 4 N–H and O–H groups in total. The van der Waals surface area contributed by atoms with E-state index in [9.17, 15) is 14.0 Å². The van der Waals surface area contributed by atoms with Gasteiger partial charge in [-0.15, -0.1) is 69.6 Å². The summed E-state index contributed by atoms with van der Waals surface area (Å²) in [5.74, 6) is 4.04. The minimum Gasteiger partial charge on any atom is -0.411 e. The van der Waals surface area contributed by atoms with Crippen LogP contribution in [-0.2, 0) is 31.4 Å². The van der Waals surface area contributed by atoms with Crippen LogP contribution in [0.25, 0.3) is 5.01 Å². The van der Waals surface area contributed by atoms with Gasteiger partial charge in [-0.25, -0.2) is 19.9 Å². The summed E-state index contributed by atoms with van der Waals surface area (Å²) in [6.07, 6.45) is 19.9. The van der Waals surface area contributed by atoms with E-state index in [2.05, 4.69) is 168 Å². The van der Waals surface area contributed by atoms with Gasteiger partial charge in [-0.05, 0) is 258 Å². The van der Waals surface area contributed by atoms with Crippen molar-refractivity contribution in [1.82, 2.24) is 38.6 Å². The first-order chi connectivity index (χ1) is 50.2. The zero-order valence-corrected chi connectivity index (χ0v) is 69.9. The zero-order valence-electron chi connectivity index (χ0n) is 66.3. The van der Waals surface area contributed by atoms with Gasteiger partial charge in [0.25, 0.3) is 0 Å². The summed E-state index contributed by atoms with van der Waals surface area (Å²) in [6.45, 7) is 47.2. The van der Waals surface area contributed by atoms with E-state index in [1.54, 1.807) is 44.2 Å². The molecule has 0 bridgehead atoms. The van der Waals surface area contributed by atoms with Gasteiger partial charge < -0.3 is 29.0 Å². The van der Waals surface area contributed by atoms with Gasteiger partial charge in [-0.2, -0.15) is 5.21 Å². The van der Waals surface area contributed by atoms with Crippen molar-refractivity contribution in [3.05, 3.63) is 283 Å². The maximum absolute atomic E-state index is 11.2. The Morgan fingerprint density at radius 1 is 0.505 bits per heavy atom. The number of aliphatic hydroxyl groups excluding tert-OH is 1. The molecular weight excluding hydrogens is 1450 g/mol. The second kappa shape index (κ2) is 52.8. The van der Waals surface area contributed by atoms with Crippen LogP contribution in [0.15, 0.2) is 116 Å². The second-order valence-corrected chi connectivity index (χ2v) is 26.9. The molecule has 4 heterocycles. The van der Waals surface area contributed by atoms with Gasteiger partial charge >= 0.3 is 6.07 Å². The van der Waals surface area contributed by atoms with Gasteiger partial charge in [0.2, 0.25) is 5.01 Å². The van der Waals surface area contributed by atoms with Crippen LogP contribution < -0.4 is 0 Å². The molecule has 0 aliphatic rings. The van der Waals surface area contributed by atoms with Gasteiger partial charge in [-0.3, -0.25) is 14.0 Å². The predicted octanol–water partition coefficient (Wildman–Crippen LogP) is 22.1. The lowest BCUT2D eigenvalue weighted by molar-refractivity contribution is 0.111. The number of halogens is 7. The van der Waals surface area contributed by atoms with Crippen LogP contribution in [0.5, 0.6) is 0 Å². The van der Waals surface area contributed by atoms with Crippen molar-refractivity contribution in [2.45, 2.75) is 184 Å². The SMILES string of the molecule is CCO.Cc1cc(C)c(CCl)c(C)c1.Cc1cc(C)c(CCl)c(C)c1C=O.Cc1cc(C)c(Cn2ccnc2)c(C)c1/C=N/O.Cc1cc(C)c(Cn2ccnc2C)c(C)c1C#[N+]O.Cc1cc(C)c(Cn2ccnc2C)c(C)c1C=O.Cc1cc(C)cc(C)c1.Cc1ncc[nH]1.ClCCl.ClCCl.[2H]CF. The molecule has 0 saturated carbocycles. The van der Waals surface area contributed by atoms with Gasteiger partial charge in [0.1, 0.15) is 23.0 Å². The Morgan fingerprint density at radius 2 is 0.867 bits per heavy atom. The zero-order chi connectivity index (χ0) is 80.9. The van der Waals surface area contributed by atoms with E-state index in [0.717, 1.165) is 128 Å². The minimum absolute atomic E-state index is 0.194. The Hall–Kier alpha value is -8.11. The van der Waals surface area contributed by atoms with Crippen LogP contribution in [0.3, 0.4) is 0 Å². The van der Waals surface area contributed by atoms with E-state index in [-0.39, 0.29) is 17.3 Å². The fourth-order valence-electron chi connectivity index (χ4n) is 11.7. The van der Waals surface area contributed by atoms with Crippen LogP contribution in [-0.4, -0.2) is 97.4 Å². The molecule has 105 heavy (non-hydrogen) atoms. The van der Waals surface area contributed by atoms with Gasteiger partial charge in [0, 0.05) is 104 Å². The van der Waals surface area contributed by atoms with E-state index < -0.39 is 7.15 Å². The fraction of sp³-hybridized carbons (Fsp3) is 0.373. The number of hydrogen-bond donors (Lipinski definition) is 4. The van der Waals surface area contributed by atoms with Crippen molar-refractivity contribution in [3.8, 4) is 6.07 Å². The normalized spacial score (nSPS) is 9.94. The smallest absolute Gasteiger partial charge is 0.388 e. The number of aliphatic hydroxyl groups is 1. The quantitative estimate of drug-likeness (QED) is 0.0320. The number of alkyl halides is 7. The number of H-pyrrole nitrogens is 1. The highest BCUT2D eigenvalue weighted by Crippen LogP contribution is 2.27. The molecular formula is C83H110Cl6FN10O5+. The number of aldehydes is 2. The van der Waals surface area contributed by atoms with Crippen molar-refractivity contribution < 1.29 is 30.9 Å². The third-order valence-corrected chi connectivity index (χ3v) is 17.3. The Morgan fingerprint density at radius 3 is 1.20 bits per heavy atom. The largest absolute Gasteiger partial charge is 0.411 e. The molecule has 22 heteroatoms. The van der Waals surface area contributed by atoms with E-state index in [4.69, 9.17) is 86.5 Å². The highest BCUT2D eigenvalue weighted by Gasteiger charge is 2.17. The van der Waals surface area contributed by atoms with Crippen LogP contribution in [0.1, 0.15) is 186 Å². The Labute approximate surface area is 656 Å². The average molecular weight is 1560 g/mol. The molecule has 0 aliphatic carbocycles.